The van der Waals surface area contributed by atoms with E-state index < -0.39 is 0 Å². The molecule has 3 nitrogen and oxygen atoms in total. The van der Waals surface area contributed by atoms with Crippen LogP contribution in [0.3, 0.4) is 0 Å². The van der Waals surface area contributed by atoms with Gasteiger partial charge >= 0.3 is 0 Å². The number of nitrogens with zero attached hydrogens (tertiary/aromatic N) is 2. The molecule has 0 aromatic carbocycles. The van der Waals surface area contributed by atoms with E-state index in [1.54, 1.807) is 0 Å². The van der Waals surface area contributed by atoms with Crippen LogP contribution in [0.5, 0.6) is 0 Å². The molecule has 2 aliphatic rings. The van der Waals surface area contributed by atoms with E-state index in [1.165, 1.54) is 5.39 Å². The molecule has 0 amide bonds. The van der Waals surface area contributed by atoms with Crippen molar-refractivity contribution in [2.24, 2.45) is 11.8 Å². The van der Waals surface area contributed by atoms with Gasteiger partial charge in [0.2, 0.25) is 0 Å². The summed E-state index contributed by atoms with van der Waals surface area (Å²) in [5.74, 6) is 1.43. The predicted molar refractivity (Wildman–Crippen MR) is 64.3 cm³/mol. The minimum atomic E-state index is 0.609. The highest BCUT2D eigenvalue weighted by molar-refractivity contribution is 9.10. The molecule has 2 aromatic rings. The Morgan fingerprint density at radius 3 is 3.00 bits per heavy atom. The number of aromatic nitrogens is 2. The Kier molecular flexibility index (Phi) is 1.77. The first kappa shape index (κ1) is 9.19. The highest BCUT2D eigenvalue weighted by atomic mass is 79.9. The van der Waals surface area contributed by atoms with Gasteiger partial charge in [-0.3, -0.25) is 0 Å². The van der Waals surface area contributed by atoms with Crippen molar-refractivity contribution in [2.45, 2.75) is 6.04 Å². The van der Waals surface area contributed by atoms with Crippen LogP contribution in [-0.2, 0) is 4.74 Å². The molecule has 0 radical (unpaired) electrons. The summed E-state index contributed by atoms with van der Waals surface area (Å²) in [7, 11) is 0. The van der Waals surface area contributed by atoms with Crippen molar-refractivity contribution in [1.29, 1.82) is 0 Å². The highest BCUT2D eigenvalue weighted by Gasteiger charge is 2.55. The van der Waals surface area contributed by atoms with Gasteiger partial charge in [-0.15, -0.1) is 0 Å². The van der Waals surface area contributed by atoms with Crippen LogP contribution in [0.2, 0.25) is 0 Å². The van der Waals surface area contributed by atoms with E-state index in [-0.39, 0.29) is 0 Å². The standard InChI is InChI=1S/C12H11BrN2O/c13-10-4-15(11-8-5-16-6-9(8)11)12-7(10)2-1-3-14-12/h1-4,8-9,11H,5-6H2/t8-,9+,11+. The molecule has 3 atom stereocenters. The minimum absolute atomic E-state index is 0.609. The van der Waals surface area contributed by atoms with Gasteiger partial charge in [-0.1, -0.05) is 0 Å². The van der Waals surface area contributed by atoms with Crippen LogP contribution in [0.15, 0.2) is 29.0 Å². The maximum absolute atomic E-state index is 5.43. The Labute approximate surface area is 102 Å². The van der Waals surface area contributed by atoms with Gasteiger partial charge in [0.05, 0.1) is 13.2 Å². The number of ether oxygens (including phenoxy) is 1. The van der Waals surface area contributed by atoms with Crippen LogP contribution in [0.4, 0.5) is 0 Å². The fourth-order valence-electron chi connectivity index (χ4n) is 2.89. The lowest BCUT2D eigenvalue weighted by Gasteiger charge is -2.06. The average molecular weight is 279 g/mol. The van der Waals surface area contributed by atoms with Crippen molar-refractivity contribution >= 4 is 27.0 Å². The molecule has 2 aromatic heterocycles. The lowest BCUT2D eigenvalue weighted by atomic mass is 10.3. The Hall–Kier alpha value is -0.870. The van der Waals surface area contributed by atoms with Crippen molar-refractivity contribution in [3.8, 4) is 0 Å². The first-order valence-electron chi connectivity index (χ1n) is 5.55. The molecule has 4 heteroatoms. The third kappa shape index (κ3) is 1.09. The van der Waals surface area contributed by atoms with Gasteiger partial charge in [-0.2, -0.15) is 0 Å². The molecule has 0 unspecified atom stereocenters. The van der Waals surface area contributed by atoms with Crippen molar-refractivity contribution in [1.82, 2.24) is 9.55 Å². The van der Waals surface area contributed by atoms with Crippen molar-refractivity contribution < 1.29 is 4.74 Å². The molecule has 0 bridgehead atoms. The molecule has 3 heterocycles. The van der Waals surface area contributed by atoms with E-state index in [0.29, 0.717) is 17.9 Å². The van der Waals surface area contributed by atoms with Gasteiger partial charge in [-0.05, 0) is 28.1 Å². The van der Waals surface area contributed by atoms with Crippen LogP contribution in [0.25, 0.3) is 11.0 Å². The number of rotatable bonds is 1. The van der Waals surface area contributed by atoms with Crippen LogP contribution >= 0.6 is 15.9 Å². The topological polar surface area (TPSA) is 27.1 Å². The van der Waals surface area contributed by atoms with Crippen LogP contribution in [-0.4, -0.2) is 22.8 Å². The molecule has 0 spiro atoms. The van der Waals surface area contributed by atoms with Crippen LogP contribution in [0, 0.1) is 11.8 Å². The zero-order valence-electron chi connectivity index (χ0n) is 8.64. The fraction of sp³-hybridized carbons (Fsp3) is 0.417. The van der Waals surface area contributed by atoms with Gasteiger partial charge in [0.15, 0.2) is 0 Å². The van der Waals surface area contributed by atoms with Crippen molar-refractivity contribution in [3.05, 3.63) is 29.0 Å². The van der Waals surface area contributed by atoms with Gasteiger partial charge in [0.25, 0.3) is 0 Å². The van der Waals surface area contributed by atoms with Gasteiger partial charge in [0, 0.05) is 40.1 Å². The van der Waals surface area contributed by atoms with Crippen LogP contribution < -0.4 is 0 Å². The second kappa shape index (κ2) is 3.08. The van der Waals surface area contributed by atoms with E-state index in [1.807, 2.05) is 12.3 Å². The molecular formula is C12H11BrN2O. The maximum Gasteiger partial charge on any atom is 0.141 e. The summed E-state index contributed by atoms with van der Waals surface area (Å²) in [5.41, 5.74) is 1.09. The number of hydrogen-bond donors (Lipinski definition) is 0. The molecule has 2 fully saturated rings. The number of fused-ring (bicyclic) bond motifs is 2. The third-order valence-electron chi connectivity index (χ3n) is 3.77. The molecular weight excluding hydrogens is 268 g/mol. The lowest BCUT2D eigenvalue weighted by Crippen LogP contribution is -2.04. The summed E-state index contributed by atoms with van der Waals surface area (Å²) in [6.45, 7) is 1.83. The summed E-state index contributed by atoms with van der Waals surface area (Å²) in [6, 6.07) is 4.70. The quantitative estimate of drug-likeness (QED) is 0.802. The van der Waals surface area contributed by atoms with Crippen molar-refractivity contribution in [3.63, 3.8) is 0 Å². The molecule has 1 saturated heterocycles. The summed E-state index contributed by atoms with van der Waals surface area (Å²) in [5, 5.41) is 1.20. The Morgan fingerprint density at radius 2 is 2.19 bits per heavy atom. The van der Waals surface area contributed by atoms with E-state index >= 15 is 0 Å². The summed E-state index contributed by atoms with van der Waals surface area (Å²) >= 11 is 3.60. The molecule has 16 heavy (non-hydrogen) atoms. The molecule has 1 saturated carbocycles. The fourth-order valence-corrected chi connectivity index (χ4v) is 3.42. The monoisotopic (exact) mass is 278 g/mol. The second-order valence-electron chi connectivity index (χ2n) is 4.61. The Morgan fingerprint density at radius 1 is 1.38 bits per heavy atom. The number of hydrogen-bond acceptors (Lipinski definition) is 2. The molecule has 82 valence electrons. The average Bonchev–Trinajstić information content (AvgIpc) is 2.70. The number of halogens is 1. The smallest absolute Gasteiger partial charge is 0.141 e. The SMILES string of the molecule is Brc1cn([C@H]2[C@@H]3COC[C@@H]32)c2ncccc12. The van der Waals surface area contributed by atoms with Crippen LogP contribution in [0.1, 0.15) is 6.04 Å². The predicted octanol–water partition coefficient (Wildman–Crippen LogP) is 2.62. The summed E-state index contributed by atoms with van der Waals surface area (Å²) in [6.07, 6.45) is 4.03. The van der Waals surface area contributed by atoms with Crippen molar-refractivity contribution in [2.75, 3.05) is 13.2 Å². The maximum atomic E-state index is 5.43. The van der Waals surface area contributed by atoms with Gasteiger partial charge in [-0.25, -0.2) is 4.98 Å². The highest BCUT2D eigenvalue weighted by Crippen LogP contribution is 2.55. The largest absolute Gasteiger partial charge is 0.381 e. The van der Waals surface area contributed by atoms with E-state index in [4.69, 9.17) is 4.74 Å². The first-order chi connectivity index (χ1) is 7.86. The van der Waals surface area contributed by atoms with Gasteiger partial charge < -0.3 is 9.30 Å². The third-order valence-corrected chi connectivity index (χ3v) is 4.40. The molecule has 0 N–H and O–H groups in total. The van der Waals surface area contributed by atoms with E-state index in [0.717, 1.165) is 23.3 Å². The Bertz CT molecular complexity index is 555. The summed E-state index contributed by atoms with van der Waals surface area (Å²) in [4.78, 5) is 4.48. The zero-order chi connectivity index (χ0) is 10.7. The molecule has 1 aliphatic carbocycles. The zero-order valence-corrected chi connectivity index (χ0v) is 10.2. The van der Waals surface area contributed by atoms with Gasteiger partial charge in [0.1, 0.15) is 5.65 Å². The second-order valence-corrected chi connectivity index (χ2v) is 5.47. The minimum Gasteiger partial charge on any atom is -0.381 e. The number of pyridine rings is 1. The van der Waals surface area contributed by atoms with E-state index in [2.05, 4.69) is 37.7 Å². The molecule has 1 aliphatic heterocycles. The first-order valence-corrected chi connectivity index (χ1v) is 6.34. The molecule has 4 rings (SSSR count). The van der Waals surface area contributed by atoms with E-state index in [9.17, 15) is 0 Å². The normalized spacial score (nSPS) is 31.9. The lowest BCUT2D eigenvalue weighted by molar-refractivity contribution is 0.152. The Balaban J connectivity index is 1.86. The summed E-state index contributed by atoms with van der Waals surface area (Å²) < 4.78 is 8.89.